The molecule has 29 heavy (non-hydrogen) atoms. The van der Waals surface area contributed by atoms with Gasteiger partial charge in [-0.25, -0.2) is 8.42 Å². The van der Waals surface area contributed by atoms with Crippen molar-refractivity contribution in [3.8, 4) is 0 Å². The van der Waals surface area contributed by atoms with Crippen LogP contribution in [0.4, 0.5) is 0 Å². The highest BCUT2D eigenvalue weighted by molar-refractivity contribution is 7.89. The molecule has 152 valence electrons. The number of aliphatic carboxylic acids is 1. The molecule has 1 atom stereocenters. The normalized spacial score (nSPS) is 19.6. The Kier molecular flexibility index (Phi) is 5.05. The lowest BCUT2D eigenvalue weighted by molar-refractivity contribution is -0.139. The van der Waals surface area contributed by atoms with Crippen molar-refractivity contribution in [2.75, 3.05) is 13.1 Å². The Labute approximate surface area is 175 Å². The first-order valence-electron chi connectivity index (χ1n) is 9.56. The lowest BCUT2D eigenvalue weighted by Gasteiger charge is -2.38. The lowest BCUT2D eigenvalue weighted by Crippen LogP contribution is -2.43. The molecule has 2 aromatic carbocycles. The van der Waals surface area contributed by atoms with E-state index in [1.165, 1.54) is 16.4 Å². The van der Waals surface area contributed by atoms with E-state index in [1.54, 1.807) is 19.1 Å². The summed E-state index contributed by atoms with van der Waals surface area (Å²) in [6.07, 6.45) is 3.31. The molecule has 1 spiro atoms. The van der Waals surface area contributed by atoms with Crippen LogP contribution in [0.1, 0.15) is 30.9 Å². The van der Waals surface area contributed by atoms with Gasteiger partial charge in [0.05, 0.1) is 10.8 Å². The first-order valence-corrected chi connectivity index (χ1v) is 11.4. The van der Waals surface area contributed by atoms with Gasteiger partial charge in [0.1, 0.15) is 0 Å². The minimum absolute atomic E-state index is 0.236. The molecule has 1 fully saturated rings. The van der Waals surface area contributed by atoms with E-state index in [9.17, 15) is 18.3 Å². The smallest absolute Gasteiger partial charge is 0.310 e. The number of allylic oxidation sites excluding steroid dienone is 1. The van der Waals surface area contributed by atoms with Crippen LogP contribution >= 0.6 is 11.6 Å². The van der Waals surface area contributed by atoms with Crippen molar-refractivity contribution in [1.82, 2.24) is 4.31 Å². The van der Waals surface area contributed by atoms with Crippen LogP contribution in [0.25, 0.3) is 5.57 Å². The fourth-order valence-electron chi connectivity index (χ4n) is 4.41. The van der Waals surface area contributed by atoms with Crippen LogP contribution < -0.4 is 0 Å². The van der Waals surface area contributed by atoms with Gasteiger partial charge < -0.3 is 5.11 Å². The topological polar surface area (TPSA) is 74.7 Å². The van der Waals surface area contributed by atoms with Crippen molar-refractivity contribution >= 4 is 33.2 Å². The van der Waals surface area contributed by atoms with Gasteiger partial charge in [0.25, 0.3) is 0 Å². The van der Waals surface area contributed by atoms with Crippen LogP contribution in [0.3, 0.4) is 0 Å². The second kappa shape index (κ2) is 7.27. The summed E-state index contributed by atoms with van der Waals surface area (Å²) in [6, 6.07) is 14.1. The van der Waals surface area contributed by atoms with E-state index < -0.39 is 21.9 Å². The van der Waals surface area contributed by atoms with Crippen LogP contribution in [0.2, 0.25) is 5.02 Å². The molecule has 0 bridgehead atoms. The monoisotopic (exact) mass is 431 g/mol. The quantitative estimate of drug-likeness (QED) is 0.787. The first-order chi connectivity index (χ1) is 13.7. The number of piperidine rings is 1. The highest BCUT2D eigenvalue weighted by Crippen LogP contribution is 2.49. The molecule has 1 aliphatic heterocycles. The Morgan fingerprint density at radius 3 is 2.34 bits per heavy atom. The van der Waals surface area contributed by atoms with Gasteiger partial charge in [-0.05, 0) is 60.7 Å². The number of nitrogens with zero attached hydrogens (tertiary/aromatic N) is 1. The number of hydrogen-bond donors (Lipinski definition) is 1. The lowest BCUT2D eigenvalue weighted by atomic mass is 9.75. The highest BCUT2D eigenvalue weighted by atomic mass is 35.5. The molecule has 0 radical (unpaired) electrons. The van der Waals surface area contributed by atoms with Gasteiger partial charge >= 0.3 is 5.97 Å². The molecule has 2 aliphatic rings. The largest absolute Gasteiger partial charge is 0.481 e. The van der Waals surface area contributed by atoms with Gasteiger partial charge in [-0.2, -0.15) is 4.31 Å². The molecule has 2 aromatic rings. The molecular weight excluding hydrogens is 410 g/mol. The SMILES string of the molecule is CC(C(=O)O)C1=CC2(CCN(S(=O)(=O)c3ccc(Cl)cc3)CC2)c2ccccc21. The minimum atomic E-state index is -3.59. The third-order valence-electron chi connectivity index (χ3n) is 6.11. The van der Waals surface area contributed by atoms with E-state index in [1.807, 2.05) is 24.3 Å². The number of carbonyl (C=O) groups is 1. The molecule has 0 amide bonds. The summed E-state index contributed by atoms with van der Waals surface area (Å²) in [4.78, 5) is 11.8. The van der Waals surface area contributed by atoms with E-state index in [4.69, 9.17) is 11.6 Å². The summed E-state index contributed by atoms with van der Waals surface area (Å²) in [7, 11) is -3.59. The number of halogens is 1. The summed E-state index contributed by atoms with van der Waals surface area (Å²) >= 11 is 5.88. The van der Waals surface area contributed by atoms with Crippen LogP contribution in [0.15, 0.2) is 59.5 Å². The number of fused-ring (bicyclic) bond motifs is 2. The van der Waals surface area contributed by atoms with Crippen molar-refractivity contribution in [3.63, 3.8) is 0 Å². The summed E-state index contributed by atoms with van der Waals surface area (Å²) in [5, 5.41) is 10.0. The molecule has 7 heteroatoms. The average Bonchev–Trinajstić information content (AvgIpc) is 3.02. The van der Waals surface area contributed by atoms with Crippen molar-refractivity contribution < 1.29 is 18.3 Å². The summed E-state index contributed by atoms with van der Waals surface area (Å²) in [6.45, 7) is 2.46. The fraction of sp³-hybridized carbons (Fsp3) is 0.318. The Morgan fingerprint density at radius 2 is 1.72 bits per heavy atom. The molecule has 1 N–H and O–H groups in total. The Balaban J connectivity index is 1.63. The van der Waals surface area contributed by atoms with Gasteiger partial charge in [0.15, 0.2) is 0 Å². The maximum Gasteiger partial charge on any atom is 0.310 e. The second-order valence-electron chi connectivity index (χ2n) is 7.72. The Morgan fingerprint density at radius 1 is 1.10 bits per heavy atom. The van der Waals surface area contributed by atoms with Crippen LogP contribution in [0, 0.1) is 5.92 Å². The maximum absolute atomic E-state index is 13.0. The van der Waals surface area contributed by atoms with E-state index in [2.05, 4.69) is 6.08 Å². The highest BCUT2D eigenvalue weighted by Gasteiger charge is 2.44. The standard InChI is InChI=1S/C22H22ClNO4S/c1-15(21(25)26)19-14-22(20-5-3-2-4-18(19)20)10-12-24(13-11-22)29(27,28)17-8-6-16(23)7-9-17/h2-9,14-15H,10-13H2,1H3,(H,25,26). The molecular formula is C22H22ClNO4S. The number of benzene rings is 2. The molecule has 1 aliphatic carbocycles. The van der Waals surface area contributed by atoms with Crippen LogP contribution in [-0.2, 0) is 20.2 Å². The molecule has 0 aromatic heterocycles. The third-order valence-corrected chi connectivity index (χ3v) is 8.27. The summed E-state index contributed by atoms with van der Waals surface area (Å²) in [5.74, 6) is -1.46. The molecule has 1 unspecified atom stereocenters. The van der Waals surface area contributed by atoms with E-state index in [0.717, 1.165) is 16.7 Å². The molecule has 0 saturated carbocycles. The maximum atomic E-state index is 13.0. The number of hydrogen-bond acceptors (Lipinski definition) is 3. The predicted molar refractivity (Wildman–Crippen MR) is 112 cm³/mol. The zero-order valence-electron chi connectivity index (χ0n) is 16.0. The zero-order chi connectivity index (χ0) is 20.8. The third kappa shape index (κ3) is 3.39. The molecule has 1 heterocycles. The molecule has 5 nitrogen and oxygen atoms in total. The van der Waals surface area contributed by atoms with Crippen molar-refractivity contribution in [2.45, 2.75) is 30.1 Å². The number of carboxylic acid groups (broad SMARTS) is 1. The van der Waals surface area contributed by atoms with Crippen LogP contribution in [-0.4, -0.2) is 36.9 Å². The fourth-order valence-corrected chi connectivity index (χ4v) is 5.98. The number of carboxylic acids is 1. The van der Waals surface area contributed by atoms with Crippen molar-refractivity contribution in [3.05, 3.63) is 70.8 Å². The van der Waals surface area contributed by atoms with Crippen LogP contribution in [0.5, 0.6) is 0 Å². The predicted octanol–water partition coefficient (Wildman–Crippen LogP) is 4.18. The minimum Gasteiger partial charge on any atom is -0.481 e. The van der Waals surface area contributed by atoms with Gasteiger partial charge in [0.2, 0.25) is 10.0 Å². The van der Waals surface area contributed by atoms with Gasteiger partial charge in [0, 0.05) is 23.5 Å². The zero-order valence-corrected chi connectivity index (χ0v) is 17.6. The van der Waals surface area contributed by atoms with Crippen molar-refractivity contribution in [2.24, 2.45) is 5.92 Å². The number of sulfonamides is 1. The van der Waals surface area contributed by atoms with Gasteiger partial charge in [-0.1, -0.05) is 41.9 Å². The van der Waals surface area contributed by atoms with E-state index >= 15 is 0 Å². The average molecular weight is 432 g/mol. The van der Waals surface area contributed by atoms with Gasteiger partial charge in [-0.3, -0.25) is 4.79 Å². The second-order valence-corrected chi connectivity index (χ2v) is 10.1. The summed E-state index contributed by atoms with van der Waals surface area (Å²) < 4.78 is 27.5. The molecule has 1 saturated heterocycles. The summed E-state index contributed by atoms with van der Waals surface area (Å²) in [5.41, 5.74) is 2.58. The Hall–Kier alpha value is -2.15. The Bertz CT molecular complexity index is 1080. The van der Waals surface area contributed by atoms with E-state index in [0.29, 0.717) is 31.0 Å². The van der Waals surface area contributed by atoms with Gasteiger partial charge in [-0.15, -0.1) is 0 Å². The van der Waals surface area contributed by atoms with Crippen molar-refractivity contribution in [1.29, 1.82) is 0 Å². The number of rotatable bonds is 4. The van der Waals surface area contributed by atoms with E-state index in [-0.39, 0.29) is 10.3 Å². The first kappa shape index (κ1) is 20.1. The molecule has 4 rings (SSSR count).